The summed E-state index contributed by atoms with van der Waals surface area (Å²) in [5.41, 5.74) is 0.154. The average Bonchev–Trinajstić information content (AvgIpc) is 2.15. The van der Waals surface area contributed by atoms with Crippen LogP contribution in [0.15, 0.2) is 29.2 Å². The summed E-state index contributed by atoms with van der Waals surface area (Å²) in [5, 5.41) is 10.4. The maximum atomic E-state index is 10.4. The third-order valence-electron chi connectivity index (χ3n) is 1.30. The second kappa shape index (κ2) is 5.14. The van der Waals surface area contributed by atoms with Crippen molar-refractivity contribution in [2.75, 3.05) is 5.75 Å². The zero-order valence-electron chi connectivity index (χ0n) is 7.10. The molecule has 0 aliphatic carbocycles. The molecule has 5 heteroatoms. The van der Waals surface area contributed by atoms with E-state index in [0.29, 0.717) is 0 Å². The number of rotatable bonds is 4. The van der Waals surface area contributed by atoms with E-state index >= 15 is 0 Å². The van der Waals surface area contributed by atoms with Crippen LogP contribution in [0, 0.1) is 10.1 Å². The van der Waals surface area contributed by atoms with Gasteiger partial charge in [-0.05, 0) is 6.07 Å². The molecule has 1 aromatic rings. The summed E-state index contributed by atoms with van der Waals surface area (Å²) in [6, 6.07) is 6.67. The highest BCUT2D eigenvalue weighted by Crippen LogP contribution is 2.32. The fourth-order valence-corrected chi connectivity index (χ4v) is 2.41. The molecule has 0 bridgehead atoms. The molecule has 0 unspecified atom stereocenters. The number of nitro benzene ring substituents is 1. The summed E-state index contributed by atoms with van der Waals surface area (Å²) < 4.78 is 0. The van der Waals surface area contributed by atoms with Crippen LogP contribution in [-0.2, 0) is 0 Å². The van der Waals surface area contributed by atoms with E-state index in [1.807, 2.05) is 6.07 Å². The quantitative estimate of drug-likeness (QED) is 0.439. The largest absolute Gasteiger partial charge is 0.270 e. The number of nitro groups is 1. The molecule has 1 rings (SSSR count). The molecule has 0 atom stereocenters. The molecule has 0 saturated carbocycles. The van der Waals surface area contributed by atoms with Crippen LogP contribution in [0.4, 0.5) is 5.69 Å². The van der Waals surface area contributed by atoms with Crippen LogP contribution < -0.4 is 0 Å². The lowest BCUT2D eigenvalue weighted by molar-refractivity contribution is -0.385. The Morgan fingerprint density at radius 1 is 1.54 bits per heavy atom. The first kappa shape index (κ1) is 10.4. The first-order valence-corrected chi connectivity index (χ1v) is 6.10. The second-order valence-electron chi connectivity index (χ2n) is 2.24. The molecule has 0 heterocycles. The highest BCUT2D eigenvalue weighted by molar-refractivity contribution is 8.76. The molecule has 0 saturated heterocycles. The van der Waals surface area contributed by atoms with E-state index in [9.17, 15) is 10.1 Å². The Kier molecular flexibility index (Phi) is 4.11. The van der Waals surface area contributed by atoms with Crippen molar-refractivity contribution in [1.29, 1.82) is 0 Å². The minimum atomic E-state index is -0.374. The van der Waals surface area contributed by atoms with Crippen molar-refractivity contribution in [3.05, 3.63) is 34.4 Å². The van der Waals surface area contributed by atoms with Gasteiger partial charge in [-0.1, -0.05) is 34.6 Å². The van der Waals surface area contributed by atoms with Crippen molar-refractivity contribution < 1.29 is 4.92 Å². The highest BCUT2D eigenvalue weighted by Gasteiger charge is 2.05. The second-order valence-corrected chi connectivity index (χ2v) is 4.90. The van der Waals surface area contributed by atoms with E-state index in [1.165, 1.54) is 6.07 Å². The molecule has 0 fully saturated rings. The van der Waals surface area contributed by atoms with Gasteiger partial charge in [0.1, 0.15) is 0 Å². The van der Waals surface area contributed by atoms with E-state index in [2.05, 4.69) is 6.92 Å². The number of nitrogens with zero attached hydrogens (tertiary/aromatic N) is 1. The lowest BCUT2D eigenvalue weighted by Gasteiger charge is -1.97. The van der Waals surface area contributed by atoms with E-state index in [0.717, 1.165) is 10.6 Å². The Balaban J connectivity index is 2.73. The normalized spacial score (nSPS) is 9.92. The van der Waals surface area contributed by atoms with Crippen molar-refractivity contribution >= 4 is 27.3 Å². The summed E-state index contributed by atoms with van der Waals surface area (Å²) in [6.07, 6.45) is 0. The molecule has 0 aromatic heterocycles. The van der Waals surface area contributed by atoms with Gasteiger partial charge in [0.25, 0.3) is 5.69 Å². The van der Waals surface area contributed by atoms with Crippen molar-refractivity contribution in [2.45, 2.75) is 11.8 Å². The average molecular weight is 215 g/mol. The van der Waals surface area contributed by atoms with Crippen LogP contribution in [0.1, 0.15) is 6.92 Å². The molecule has 0 aliphatic heterocycles. The van der Waals surface area contributed by atoms with Crippen LogP contribution >= 0.6 is 21.6 Å². The van der Waals surface area contributed by atoms with E-state index in [-0.39, 0.29) is 10.6 Å². The van der Waals surface area contributed by atoms with Crippen LogP contribution in [0.25, 0.3) is 0 Å². The fraction of sp³-hybridized carbons (Fsp3) is 0.250. The summed E-state index contributed by atoms with van der Waals surface area (Å²) in [4.78, 5) is 11.0. The van der Waals surface area contributed by atoms with Crippen LogP contribution in [0.3, 0.4) is 0 Å². The van der Waals surface area contributed by atoms with Gasteiger partial charge in [0.2, 0.25) is 0 Å². The molecular formula is C8H9NO2S2. The first-order valence-electron chi connectivity index (χ1n) is 3.78. The zero-order chi connectivity index (χ0) is 9.68. The zero-order valence-corrected chi connectivity index (χ0v) is 8.73. The summed E-state index contributed by atoms with van der Waals surface area (Å²) in [6.45, 7) is 2.05. The minimum absolute atomic E-state index is 0.154. The van der Waals surface area contributed by atoms with Crippen LogP contribution in [0.5, 0.6) is 0 Å². The number of benzene rings is 1. The maximum Gasteiger partial charge on any atom is 0.270 e. The Bertz CT molecular complexity index is 304. The van der Waals surface area contributed by atoms with Crippen molar-refractivity contribution in [2.24, 2.45) is 0 Å². The fourth-order valence-electron chi connectivity index (χ4n) is 0.776. The Morgan fingerprint density at radius 3 is 2.92 bits per heavy atom. The third-order valence-corrected chi connectivity index (χ3v) is 3.74. The van der Waals surface area contributed by atoms with Gasteiger partial charge < -0.3 is 0 Å². The summed E-state index contributed by atoms with van der Waals surface area (Å²) in [5.74, 6) is 0.993. The van der Waals surface area contributed by atoms with E-state index in [4.69, 9.17) is 0 Å². The van der Waals surface area contributed by atoms with Gasteiger partial charge in [-0.3, -0.25) is 10.1 Å². The van der Waals surface area contributed by atoms with Crippen molar-refractivity contribution in [3.8, 4) is 0 Å². The molecule has 0 radical (unpaired) electrons. The highest BCUT2D eigenvalue weighted by atomic mass is 33.1. The van der Waals surface area contributed by atoms with Gasteiger partial charge in [0, 0.05) is 22.8 Å². The monoisotopic (exact) mass is 215 g/mol. The van der Waals surface area contributed by atoms with Gasteiger partial charge >= 0.3 is 0 Å². The van der Waals surface area contributed by atoms with Gasteiger partial charge in [0.15, 0.2) is 0 Å². The van der Waals surface area contributed by atoms with Gasteiger partial charge in [-0.25, -0.2) is 0 Å². The van der Waals surface area contributed by atoms with Crippen LogP contribution in [0.2, 0.25) is 0 Å². The molecule has 13 heavy (non-hydrogen) atoms. The molecule has 0 spiro atoms. The summed E-state index contributed by atoms with van der Waals surface area (Å²) >= 11 is 0. The van der Waals surface area contributed by atoms with Gasteiger partial charge in [-0.2, -0.15) is 0 Å². The molecular weight excluding hydrogens is 206 g/mol. The lowest BCUT2D eigenvalue weighted by Crippen LogP contribution is -1.86. The molecule has 70 valence electrons. The smallest absolute Gasteiger partial charge is 0.258 e. The number of hydrogen-bond donors (Lipinski definition) is 0. The van der Waals surface area contributed by atoms with Crippen molar-refractivity contribution in [3.63, 3.8) is 0 Å². The Morgan fingerprint density at radius 2 is 2.31 bits per heavy atom. The summed E-state index contributed by atoms with van der Waals surface area (Å²) in [7, 11) is 3.24. The van der Waals surface area contributed by atoms with E-state index in [1.54, 1.807) is 33.7 Å². The SMILES string of the molecule is CCSSc1cccc([N+](=O)[O-])c1. The Labute approximate surface area is 84.5 Å². The number of hydrogen-bond acceptors (Lipinski definition) is 4. The Hall–Kier alpha value is -0.680. The van der Waals surface area contributed by atoms with Gasteiger partial charge in [0.05, 0.1) is 4.92 Å². The van der Waals surface area contributed by atoms with Crippen LogP contribution in [-0.4, -0.2) is 10.7 Å². The number of non-ortho nitro benzene ring substituents is 1. The topological polar surface area (TPSA) is 43.1 Å². The predicted octanol–water partition coefficient (Wildman–Crippen LogP) is 3.36. The van der Waals surface area contributed by atoms with Crippen molar-refractivity contribution in [1.82, 2.24) is 0 Å². The lowest BCUT2D eigenvalue weighted by atomic mass is 10.3. The minimum Gasteiger partial charge on any atom is -0.258 e. The first-order chi connectivity index (χ1) is 6.24. The maximum absolute atomic E-state index is 10.4. The molecule has 1 aromatic carbocycles. The third kappa shape index (κ3) is 3.28. The van der Waals surface area contributed by atoms with Gasteiger partial charge in [-0.15, -0.1) is 0 Å². The molecule has 0 amide bonds. The van der Waals surface area contributed by atoms with E-state index < -0.39 is 0 Å². The molecule has 0 aliphatic rings. The predicted molar refractivity (Wildman–Crippen MR) is 57.1 cm³/mol. The molecule has 0 N–H and O–H groups in total. The molecule has 3 nitrogen and oxygen atoms in total. The standard InChI is InChI=1S/C8H9NO2S2/c1-2-12-13-8-5-3-4-7(6-8)9(10)11/h3-6H,2H2,1H3.